The van der Waals surface area contributed by atoms with E-state index in [-0.39, 0.29) is 0 Å². The predicted octanol–water partition coefficient (Wildman–Crippen LogP) is 4.29. The van der Waals surface area contributed by atoms with Crippen LogP contribution < -0.4 is 4.90 Å². The highest BCUT2D eigenvalue weighted by Gasteiger charge is 2.18. The molecule has 124 valence electrons. The van der Waals surface area contributed by atoms with Crippen LogP contribution in [0.4, 0.5) is 11.4 Å². The fraction of sp³-hybridized carbons (Fsp3) is 0.550. The first-order chi connectivity index (χ1) is 11.2. The number of hydrogen-bond donors (Lipinski definition) is 0. The summed E-state index contributed by atoms with van der Waals surface area (Å²) in [6.07, 6.45) is 8.30. The van der Waals surface area contributed by atoms with E-state index in [4.69, 9.17) is 0 Å². The van der Waals surface area contributed by atoms with Crippen LogP contribution in [0.1, 0.15) is 43.7 Å². The van der Waals surface area contributed by atoms with Crippen molar-refractivity contribution in [2.24, 2.45) is 4.99 Å². The van der Waals surface area contributed by atoms with E-state index in [0.29, 0.717) is 0 Å². The third-order valence-electron chi connectivity index (χ3n) is 4.93. The lowest BCUT2D eigenvalue weighted by molar-refractivity contribution is 0.255. The fourth-order valence-corrected chi connectivity index (χ4v) is 3.71. The molecular weight excluding hydrogens is 282 g/mol. The number of hydrogen-bond acceptors (Lipinski definition) is 3. The van der Waals surface area contributed by atoms with Crippen LogP contribution in [0.2, 0.25) is 0 Å². The van der Waals surface area contributed by atoms with Gasteiger partial charge in [-0.05, 0) is 61.2 Å². The molecule has 3 nitrogen and oxygen atoms in total. The molecule has 2 aliphatic heterocycles. The van der Waals surface area contributed by atoms with E-state index < -0.39 is 0 Å². The van der Waals surface area contributed by atoms with Gasteiger partial charge in [0, 0.05) is 19.8 Å². The molecule has 23 heavy (non-hydrogen) atoms. The number of rotatable bonds is 5. The van der Waals surface area contributed by atoms with E-state index in [1.165, 1.54) is 54.7 Å². The normalized spacial score (nSPS) is 18.1. The Morgan fingerprint density at radius 1 is 1.22 bits per heavy atom. The SMILES string of the molecule is C=C(CN1CCCCC1)c1cc(CCC)c2c(c1)N=CCN2C. The number of benzene rings is 1. The number of piperidine rings is 1. The van der Waals surface area contributed by atoms with Crippen LogP contribution in [0.3, 0.4) is 0 Å². The highest BCUT2D eigenvalue weighted by atomic mass is 15.1. The molecule has 0 N–H and O–H groups in total. The number of anilines is 1. The molecule has 1 aromatic rings. The Morgan fingerprint density at radius 3 is 2.74 bits per heavy atom. The second kappa shape index (κ2) is 7.31. The quantitative estimate of drug-likeness (QED) is 0.808. The van der Waals surface area contributed by atoms with E-state index >= 15 is 0 Å². The zero-order valence-electron chi connectivity index (χ0n) is 14.6. The lowest BCUT2D eigenvalue weighted by atomic mass is 9.97. The fourth-order valence-electron chi connectivity index (χ4n) is 3.71. The Bertz CT molecular complexity index is 597. The Hall–Kier alpha value is -1.61. The minimum Gasteiger partial charge on any atom is -0.367 e. The molecule has 2 heterocycles. The summed E-state index contributed by atoms with van der Waals surface area (Å²) in [7, 11) is 2.16. The molecule has 0 aromatic heterocycles. The average molecular weight is 311 g/mol. The Kier molecular flexibility index (Phi) is 5.16. The molecule has 3 rings (SSSR count). The first kappa shape index (κ1) is 16.3. The molecule has 3 heteroatoms. The first-order valence-corrected chi connectivity index (χ1v) is 9.00. The summed E-state index contributed by atoms with van der Waals surface area (Å²) in [5.41, 5.74) is 6.34. The maximum absolute atomic E-state index is 4.65. The third-order valence-corrected chi connectivity index (χ3v) is 4.93. The summed E-state index contributed by atoms with van der Waals surface area (Å²) < 4.78 is 0. The van der Waals surface area contributed by atoms with Gasteiger partial charge in [0.2, 0.25) is 0 Å². The second-order valence-corrected chi connectivity index (χ2v) is 6.89. The zero-order valence-corrected chi connectivity index (χ0v) is 14.6. The number of aliphatic imine (C=N–C) groups is 1. The van der Waals surface area contributed by atoms with Crippen molar-refractivity contribution in [2.75, 3.05) is 38.1 Å². The van der Waals surface area contributed by atoms with Gasteiger partial charge in [-0.2, -0.15) is 0 Å². The molecule has 1 fully saturated rings. The maximum atomic E-state index is 4.65. The topological polar surface area (TPSA) is 18.8 Å². The molecule has 1 aromatic carbocycles. The minimum absolute atomic E-state index is 0.901. The summed E-state index contributed by atoms with van der Waals surface area (Å²) in [5.74, 6) is 0. The molecule has 1 saturated heterocycles. The summed E-state index contributed by atoms with van der Waals surface area (Å²) in [4.78, 5) is 9.51. The van der Waals surface area contributed by atoms with Gasteiger partial charge in [0.05, 0.1) is 17.9 Å². The molecule has 0 radical (unpaired) electrons. The lowest BCUT2D eigenvalue weighted by Gasteiger charge is -2.29. The highest BCUT2D eigenvalue weighted by Crippen LogP contribution is 2.37. The van der Waals surface area contributed by atoms with Gasteiger partial charge in [-0.1, -0.05) is 26.3 Å². The molecule has 2 aliphatic rings. The molecule has 0 atom stereocenters. The highest BCUT2D eigenvalue weighted by molar-refractivity contribution is 5.86. The van der Waals surface area contributed by atoms with Crippen molar-refractivity contribution in [1.29, 1.82) is 0 Å². The Labute approximate surface area is 140 Å². The molecule has 0 unspecified atom stereocenters. The summed E-state index contributed by atoms with van der Waals surface area (Å²) in [6.45, 7) is 10.9. The standard InChI is InChI=1S/C20H29N3/c1-4-8-17-13-18(14-19-20(17)22(3)12-9-21-19)16(2)15-23-10-6-5-7-11-23/h9,13-14H,2,4-8,10-12,15H2,1,3H3. The van der Waals surface area contributed by atoms with E-state index in [1.807, 2.05) is 6.21 Å². The molecular formula is C20H29N3. The van der Waals surface area contributed by atoms with E-state index in [2.05, 4.69) is 47.5 Å². The van der Waals surface area contributed by atoms with Crippen molar-refractivity contribution in [3.8, 4) is 0 Å². The number of nitrogens with zero attached hydrogens (tertiary/aromatic N) is 3. The second-order valence-electron chi connectivity index (χ2n) is 6.89. The molecule has 0 amide bonds. The maximum Gasteiger partial charge on any atom is 0.0868 e. The van der Waals surface area contributed by atoms with Crippen molar-refractivity contribution in [1.82, 2.24) is 4.90 Å². The molecule has 0 bridgehead atoms. The largest absolute Gasteiger partial charge is 0.367 e. The summed E-state index contributed by atoms with van der Waals surface area (Å²) >= 11 is 0. The predicted molar refractivity (Wildman–Crippen MR) is 101 cm³/mol. The van der Waals surface area contributed by atoms with Crippen LogP contribution in [-0.4, -0.2) is 44.3 Å². The van der Waals surface area contributed by atoms with Crippen molar-refractivity contribution >= 4 is 23.2 Å². The van der Waals surface area contributed by atoms with Crippen LogP contribution in [0.5, 0.6) is 0 Å². The third kappa shape index (κ3) is 3.66. The molecule has 0 spiro atoms. The van der Waals surface area contributed by atoms with Gasteiger partial charge in [0.15, 0.2) is 0 Å². The van der Waals surface area contributed by atoms with Gasteiger partial charge < -0.3 is 4.90 Å². The zero-order chi connectivity index (χ0) is 16.2. The van der Waals surface area contributed by atoms with Crippen molar-refractivity contribution in [3.05, 3.63) is 29.8 Å². The van der Waals surface area contributed by atoms with Crippen LogP contribution >= 0.6 is 0 Å². The number of aryl methyl sites for hydroxylation is 1. The van der Waals surface area contributed by atoms with Gasteiger partial charge in [-0.3, -0.25) is 9.89 Å². The van der Waals surface area contributed by atoms with Gasteiger partial charge in [0.25, 0.3) is 0 Å². The van der Waals surface area contributed by atoms with Crippen LogP contribution in [0.15, 0.2) is 23.7 Å². The van der Waals surface area contributed by atoms with Crippen molar-refractivity contribution in [3.63, 3.8) is 0 Å². The van der Waals surface area contributed by atoms with Crippen molar-refractivity contribution in [2.45, 2.75) is 39.0 Å². The lowest BCUT2D eigenvalue weighted by Crippen LogP contribution is -2.31. The van der Waals surface area contributed by atoms with Gasteiger partial charge in [0.1, 0.15) is 0 Å². The molecule has 0 saturated carbocycles. The molecule has 0 aliphatic carbocycles. The van der Waals surface area contributed by atoms with Crippen LogP contribution in [0, 0.1) is 0 Å². The van der Waals surface area contributed by atoms with Gasteiger partial charge in [-0.25, -0.2) is 0 Å². The van der Waals surface area contributed by atoms with Gasteiger partial charge in [-0.15, -0.1) is 0 Å². The Balaban J connectivity index is 1.86. The van der Waals surface area contributed by atoms with E-state index in [0.717, 1.165) is 31.6 Å². The Morgan fingerprint density at radius 2 is 2.00 bits per heavy atom. The summed E-state index contributed by atoms with van der Waals surface area (Å²) in [6, 6.07) is 4.58. The minimum atomic E-state index is 0.901. The summed E-state index contributed by atoms with van der Waals surface area (Å²) in [5, 5.41) is 0. The van der Waals surface area contributed by atoms with Crippen LogP contribution in [-0.2, 0) is 6.42 Å². The van der Waals surface area contributed by atoms with Crippen molar-refractivity contribution < 1.29 is 0 Å². The first-order valence-electron chi connectivity index (χ1n) is 9.00. The van der Waals surface area contributed by atoms with Crippen LogP contribution in [0.25, 0.3) is 5.57 Å². The van der Waals surface area contributed by atoms with E-state index in [9.17, 15) is 0 Å². The number of fused-ring (bicyclic) bond motifs is 1. The number of likely N-dealkylation sites (tertiary alicyclic amines) is 1. The van der Waals surface area contributed by atoms with Gasteiger partial charge >= 0.3 is 0 Å². The smallest absolute Gasteiger partial charge is 0.0868 e. The average Bonchev–Trinajstić information content (AvgIpc) is 2.56. The van der Waals surface area contributed by atoms with E-state index in [1.54, 1.807) is 0 Å². The monoisotopic (exact) mass is 311 g/mol.